The zero-order chi connectivity index (χ0) is 16.5. The van der Waals surface area contributed by atoms with Gasteiger partial charge >= 0.3 is 6.18 Å². The van der Waals surface area contributed by atoms with Gasteiger partial charge in [-0.15, -0.1) is 0 Å². The third-order valence-corrected chi connectivity index (χ3v) is 3.25. The maximum absolute atomic E-state index is 13.0. The molecule has 2 aromatic rings. The summed E-state index contributed by atoms with van der Waals surface area (Å²) in [6.07, 6.45) is -4.72. The summed E-state index contributed by atoms with van der Waals surface area (Å²) in [6, 6.07) is 7.15. The van der Waals surface area contributed by atoms with Gasteiger partial charge in [0, 0.05) is 7.05 Å². The van der Waals surface area contributed by atoms with Gasteiger partial charge in [-0.25, -0.2) is 0 Å². The summed E-state index contributed by atoms with van der Waals surface area (Å²) in [6.45, 7) is 1.86. The molecule has 0 saturated heterocycles. The van der Waals surface area contributed by atoms with E-state index in [4.69, 9.17) is 11.6 Å². The average Bonchev–Trinajstić information content (AvgIpc) is 2.63. The summed E-state index contributed by atoms with van der Waals surface area (Å²) in [5.74, 6) is -0.592. The minimum atomic E-state index is -4.67. The molecule has 0 aliphatic heterocycles. The number of aryl methyl sites for hydroxylation is 2. The lowest BCUT2D eigenvalue weighted by Crippen LogP contribution is -2.19. The van der Waals surface area contributed by atoms with Crippen molar-refractivity contribution in [3.63, 3.8) is 0 Å². The number of benzene rings is 1. The number of nitrogens with one attached hydrogen (secondary N) is 1. The lowest BCUT2D eigenvalue weighted by Gasteiger charge is -2.11. The molecule has 0 radical (unpaired) electrons. The van der Waals surface area contributed by atoms with Crippen LogP contribution < -0.4 is 5.32 Å². The van der Waals surface area contributed by atoms with Crippen LogP contribution in [0.15, 0.2) is 24.3 Å². The first-order chi connectivity index (χ1) is 10.2. The number of rotatable bonds is 3. The first-order valence-corrected chi connectivity index (χ1v) is 6.71. The van der Waals surface area contributed by atoms with Crippen LogP contribution in [0.1, 0.15) is 16.8 Å². The van der Waals surface area contributed by atoms with Gasteiger partial charge in [-0.05, 0) is 12.5 Å². The van der Waals surface area contributed by atoms with Crippen LogP contribution in [0.25, 0.3) is 0 Å². The first kappa shape index (κ1) is 16.4. The number of nitrogens with zero attached hydrogens (tertiary/aromatic N) is 2. The van der Waals surface area contributed by atoms with Crippen molar-refractivity contribution in [1.82, 2.24) is 9.78 Å². The lowest BCUT2D eigenvalue weighted by molar-refractivity contribution is -0.143. The first-order valence-electron chi connectivity index (χ1n) is 6.33. The highest BCUT2D eigenvalue weighted by molar-refractivity contribution is 6.32. The van der Waals surface area contributed by atoms with Crippen molar-refractivity contribution in [1.29, 1.82) is 0 Å². The van der Waals surface area contributed by atoms with E-state index in [1.807, 2.05) is 13.0 Å². The number of alkyl halides is 3. The normalized spacial score (nSPS) is 11.5. The highest BCUT2D eigenvalue weighted by Gasteiger charge is 2.39. The van der Waals surface area contributed by atoms with Gasteiger partial charge in [0.15, 0.2) is 10.8 Å². The number of halogens is 4. The number of hydrogen-bond donors (Lipinski definition) is 1. The highest BCUT2D eigenvalue weighted by Crippen LogP contribution is 2.38. The highest BCUT2D eigenvalue weighted by atomic mass is 35.5. The molecule has 4 nitrogen and oxygen atoms in total. The summed E-state index contributed by atoms with van der Waals surface area (Å²) < 4.78 is 39.5. The molecule has 0 saturated carbocycles. The van der Waals surface area contributed by atoms with Crippen LogP contribution >= 0.6 is 11.6 Å². The van der Waals surface area contributed by atoms with Crippen molar-refractivity contribution in [3.8, 4) is 0 Å². The second-order valence-electron chi connectivity index (χ2n) is 4.85. The number of anilines is 1. The number of hydrogen-bond acceptors (Lipinski definition) is 2. The Bertz CT molecular complexity index is 710. The zero-order valence-corrected chi connectivity index (χ0v) is 12.6. The molecular weight excluding hydrogens is 319 g/mol. The van der Waals surface area contributed by atoms with E-state index < -0.39 is 28.6 Å². The Labute approximate surface area is 129 Å². The Morgan fingerprint density at radius 3 is 2.68 bits per heavy atom. The van der Waals surface area contributed by atoms with Crippen molar-refractivity contribution in [2.45, 2.75) is 19.5 Å². The van der Waals surface area contributed by atoms with Gasteiger partial charge < -0.3 is 5.32 Å². The smallest absolute Gasteiger partial charge is 0.321 e. The fourth-order valence-electron chi connectivity index (χ4n) is 2.12. The fraction of sp³-hybridized carbons (Fsp3) is 0.286. The molecule has 0 aliphatic rings. The van der Waals surface area contributed by atoms with Crippen LogP contribution in [0, 0.1) is 6.92 Å². The molecule has 0 bridgehead atoms. The predicted molar refractivity (Wildman–Crippen MR) is 76.7 cm³/mol. The minimum Gasteiger partial charge on any atom is -0.321 e. The molecule has 0 aliphatic carbocycles. The van der Waals surface area contributed by atoms with Gasteiger partial charge in [-0.2, -0.15) is 18.3 Å². The molecule has 1 amide bonds. The maximum atomic E-state index is 13.0. The van der Waals surface area contributed by atoms with E-state index in [9.17, 15) is 18.0 Å². The van der Waals surface area contributed by atoms with E-state index in [1.165, 1.54) is 0 Å². The van der Waals surface area contributed by atoms with Crippen LogP contribution in [0.5, 0.6) is 0 Å². The molecule has 0 fully saturated rings. The zero-order valence-electron chi connectivity index (χ0n) is 11.8. The summed E-state index contributed by atoms with van der Waals surface area (Å²) in [4.78, 5) is 12.0. The van der Waals surface area contributed by atoms with Crippen molar-refractivity contribution in [2.24, 2.45) is 7.05 Å². The van der Waals surface area contributed by atoms with Crippen molar-refractivity contribution in [3.05, 3.63) is 46.2 Å². The number of carbonyl (C=O) groups excluding carboxylic acids is 1. The Morgan fingerprint density at radius 2 is 2.09 bits per heavy atom. The van der Waals surface area contributed by atoms with Gasteiger partial charge in [-0.3, -0.25) is 9.48 Å². The minimum absolute atomic E-state index is 0.0514. The van der Waals surface area contributed by atoms with Crippen molar-refractivity contribution >= 4 is 23.2 Å². The van der Waals surface area contributed by atoms with E-state index in [1.54, 1.807) is 18.2 Å². The fourth-order valence-corrected chi connectivity index (χ4v) is 2.37. The third kappa shape index (κ3) is 3.59. The molecule has 1 aromatic heterocycles. The predicted octanol–water partition coefficient (Wildman–Crippen LogP) is 3.58. The van der Waals surface area contributed by atoms with Crippen LogP contribution in [0.3, 0.4) is 0 Å². The second-order valence-corrected chi connectivity index (χ2v) is 5.21. The van der Waals surface area contributed by atoms with Crippen LogP contribution in [-0.2, 0) is 24.4 Å². The van der Waals surface area contributed by atoms with Gasteiger partial charge in [-0.1, -0.05) is 41.4 Å². The Hall–Kier alpha value is -2.02. The van der Waals surface area contributed by atoms with E-state index in [-0.39, 0.29) is 6.42 Å². The van der Waals surface area contributed by atoms with Gasteiger partial charge in [0.2, 0.25) is 5.91 Å². The van der Waals surface area contributed by atoms with Crippen LogP contribution in [0.2, 0.25) is 5.15 Å². The third-order valence-electron chi connectivity index (χ3n) is 2.98. The molecule has 0 atom stereocenters. The summed E-state index contributed by atoms with van der Waals surface area (Å²) in [5, 5.41) is 5.30. The maximum Gasteiger partial charge on any atom is 0.435 e. The summed E-state index contributed by atoms with van der Waals surface area (Å²) in [7, 11) is 1.12. The van der Waals surface area contributed by atoms with E-state index in [0.717, 1.165) is 12.6 Å². The molecule has 2 rings (SSSR count). The molecule has 0 spiro atoms. The van der Waals surface area contributed by atoms with Gasteiger partial charge in [0.25, 0.3) is 0 Å². The number of aromatic nitrogens is 2. The Balaban J connectivity index is 2.22. The molecule has 118 valence electrons. The molecule has 8 heteroatoms. The number of amides is 1. The standard InChI is InChI=1S/C14H13ClF3N3O/c1-8-4-3-5-9(6-8)7-10(22)19-11-12(14(16,17)18)21(2)20-13(11)15/h3-6H,7H2,1-2H3,(H,19,22). The van der Waals surface area contributed by atoms with E-state index in [0.29, 0.717) is 10.2 Å². The molecular formula is C14H13ClF3N3O. The van der Waals surface area contributed by atoms with Crippen molar-refractivity contribution < 1.29 is 18.0 Å². The van der Waals surface area contributed by atoms with E-state index >= 15 is 0 Å². The largest absolute Gasteiger partial charge is 0.435 e. The van der Waals surface area contributed by atoms with Gasteiger partial charge in [0.1, 0.15) is 5.69 Å². The second kappa shape index (κ2) is 6.00. The average molecular weight is 332 g/mol. The molecule has 0 unspecified atom stereocenters. The van der Waals surface area contributed by atoms with E-state index in [2.05, 4.69) is 10.4 Å². The number of carbonyl (C=O) groups is 1. The lowest BCUT2D eigenvalue weighted by atomic mass is 10.1. The Morgan fingerprint density at radius 1 is 1.41 bits per heavy atom. The SMILES string of the molecule is Cc1cccc(CC(=O)Nc2c(Cl)nn(C)c2C(F)(F)F)c1. The van der Waals surface area contributed by atoms with Crippen molar-refractivity contribution in [2.75, 3.05) is 5.32 Å². The monoisotopic (exact) mass is 331 g/mol. The van der Waals surface area contributed by atoms with Gasteiger partial charge in [0.05, 0.1) is 6.42 Å². The topological polar surface area (TPSA) is 46.9 Å². The molecule has 1 aromatic carbocycles. The Kier molecular flexibility index (Phi) is 4.46. The molecule has 1 N–H and O–H groups in total. The quantitative estimate of drug-likeness (QED) is 0.934. The van der Waals surface area contributed by atoms with Crippen LogP contribution in [-0.4, -0.2) is 15.7 Å². The summed E-state index contributed by atoms with van der Waals surface area (Å²) in [5.41, 5.74) is 0.0520. The van der Waals surface area contributed by atoms with Crippen LogP contribution in [0.4, 0.5) is 18.9 Å². The molecule has 22 heavy (non-hydrogen) atoms. The molecule has 1 heterocycles. The summed E-state index contributed by atoms with van der Waals surface area (Å²) >= 11 is 5.68.